The number of nitrogens with zero attached hydrogens (tertiary/aromatic N) is 3. The lowest BCUT2D eigenvalue weighted by Crippen LogP contribution is -2.04. The highest BCUT2D eigenvalue weighted by Gasteiger charge is 2.17. The first kappa shape index (κ1) is 11.8. The summed E-state index contributed by atoms with van der Waals surface area (Å²) in [6.07, 6.45) is 1.38. The maximum Gasteiger partial charge on any atom is 0.356 e. The summed E-state index contributed by atoms with van der Waals surface area (Å²) >= 11 is 0. The fraction of sp³-hybridized carbons (Fsp3) is 0.0909. The molecule has 1 heterocycles. The van der Waals surface area contributed by atoms with Crippen LogP contribution in [0.1, 0.15) is 16.1 Å². The zero-order valence-corrected chi connectivity index (χ0v) is 9.40. The smallest absolute Gasteiger partial charge is 0.356 e. The van der Waals surface area contributed by atoms with Gasteiger partial charge in [-0.05, 0) is 24.6 Å². The number of aryl methyl sites for hydroxylation is 1. The number of rotatable bonds is 3. The van der Waals surface area contributed by atoms with Gasteiger partial charge in [-0.3, -0.25) is 10.1 Å². The van der Waals surface area contributed by atoms with Gasteiger partial charge in [-0.15, -0.1) is 0 Å². The van der Waals surface area contributed by atoms with Crippen molar-refractivity contribution in [3.63, 3.8) is 0 Å². The molecular formula is C11H9N3O4. The normalized spacial score (nSPS) is 10.3. The van der Waals surface area contributed by atoms with Crippen molar-refractivity contribution in [2.24, 2.45) is 0 Å². The van der Waals surface area contributed by atoms with E-state index in [9.17, 15) is 14.9 Å². The summed E-state index contributed by atoms with van der Waals surface area (Å²) in [6.45, 7) is 1.79. The van der Waals surface area contributed by atoms with Crippen LogP contribution in [0.25, 0.3) is 5.69 Å². The molecule has 0 bridgehead atoms. The molecule has 0 amide bonds. The summed E-state index contributed by atoms with van der Waals surface area (Å²) in [5.41, 5.74) is 0.780. The predicted octanol–water partition coefficient (Wildman–Crippen LogP) is 1.79. The molecule has 0 saturated carbocycles. The van der Waals surface area contributed by atoms with Gasteiger partial charge in [0.05, 0.1) is 4.92 Å². The first-order valence-electron chi connectivity index (χ1n) is 5.03. The zero-order valence-electron chi connectivity index (χ0n) is 9.40. The minimum Gasteiger partial charge on any atom is -0.476 e. The van der Waals surface area contributed by atoms with E-state index in [0.29, 0.717) is 0 Å². The van der Waals surface area contributed by atoms with Gasteiger partial charge in [0.1, 0.15) is 5.69 Å². The van der Waals surface area contributed by atoms with Crippen LogP contribution < -0.4 is 0 Å². The van der Waals surface area contributed by atoms with E-state index in [1.54, 1.807) is 19.1 Å². The molecule has 2 aromatic rings. The van der Waals surface area contributed by atoms with Crippen molar-refractivity contribution in [1.82, 2.24) is 9.78 Å². The van der Waals surface area contributed by atoms with E-state index in [4.69, 9.17) is 5.11 Å². The molecule has 92 valence electrons. The van der Waals surface area contributed by atoms with Crippen LogP contribution in [-0.2, 0) is 0 Å². The lowest BCUT2D eigenvalue weighted by atomic mass is 10.2. The molecule has 0 radical (unpaired) electrons. The zero-order chi connectivity index (χ0) is 13.3. The molecule has 1 N–H and O–H groups in total. The van der Waals surface area contributed by atoms with Crippen molar-refractivity contribution in [1.29, 1.82) is 0 Å². The minimum absolute atomic E-state index is 0.124. The molecule has 0 atom stereocenters. The number of carbonyl (C=O) groups is 1. The van der Waals surface area contributed by atoms with Gasteiger partial charge in [0.2, 0.25) is 0 Å². The lowest BCUT2D eigenvalue weighted by molar-refractivity contribution is -0.384. The van der Waals surface area contributed by atoms with Crippen LogP contribution in [0.2, 0.25) is 0 Å². The molecule has 2 rings (SSSR count). The molecule has 1 aromatic carbocycles. The molecular weight excluding hydrogens is 238 g/mol. The third-order valence-electron chi connectivity index (χ3n) is 2.38. The van der Waals surface area contributed by atoms with E-state index in [2.05, 4.69) is 5.10 Å². The van der Waals surface area contributed by atoms with Crippen LogP contribution in [0.5, 0.6) is 0 Å². The van der Waals surface area contributed by atoms with Crippen molar-refractivity contribution in [3.05, 3.63) is 51.8 Å². The summed E-state index contributed by atoms with van der Waals surface area (Å²) in [5, 5.41) is 23.4. The highest BCUT2D eigenvalue weighted by atomic mass is 16.6. The summed E-state index contributed by atoms with van der Waals surface area (Å²) in [5.74, 6) is -1.18. The molecule has 0 fully saturated rings. The summed E-state index contributed by atoms with van der Waals surface area (Å²) < 4.78 is 1.19. The summed E-state index contributed by atoms with van der Waals surface area (Å²) in [6, 6.07) is 5.85. The van der Waals surface area contributed by atoms with Crippen LogP contribution in [0, 0.1) is 17.0 Å². The Kier molecular flexibility index (Phi) is 2.80. The monoisotopic (exact) mass is 247 g/mol. The third kappa shape index (κ3) is 2.05. The van der Waals surface area contributed by atoms with Gasteiger partial charge in [-0.25, -0.2) is 9.48 Å². The Morgan fingerprint density at radius 3 is 2.72 bits per heavy atom. The number of aromatic carboxylic acids is 1. The first-order chi connectivity index (χ1) is 8.49. The Morgan fingerprint density at radius 2 is 2.17 bits per heavy atom. The largest absolute Gasteiger partial charge is 0.476 e. The van der Waals surface area contributed by atoms with E-state index in [1.165, 1.54) is 23.0 Å². The number of carboxylic acids is 1. The molecule has 7 nitrogen and oxygen atoms in total. The average Bonchev–Trinajstić information content (AvgIpc) is 2.77. The topological polar surface area (TPSA) is 98.3 Å². The lowest BCUT2D eigenvalue weighted by Gasteiger charge is -2.03. The van der Waals surface area contributed by atoms with Gasteiger partial charge >= 0.3 is 5.97 Å². The second-order valence-electron chi connectivity index (χ2n) is 3.70. The quantitative estimate of drug-likeness (QED) is 0.658. The van der Waals surface area contributed by atoms with Crippen LogP contribution in [0.4, 0.5) is 5.69 Å². The third-order valence-corrected chi connectivity index (χ3v) is 2.38. The number of carboxylic acid groups (broad SMARTS) is 1. The maximum atomic E-state index is 10.9. The van der Waals surface area contributed by atoms with E-state index in [-0.39, 0.29) is 17.1 Å². The first-order valence-corrected chi connectivity index (χ1v) is 5.03. The fourth-order valence-electron chi connectivity index (χ4n) is 1.54. The standard InChI is InChI=1S/C11H9N3O4/c1-7-2-3-9(14(17)18)10(6-7)13-5-4-8(12-13)11(15)16/h2-6H,1H3,(H,15,16). The van der Waals surface area contributed by atoms with Crippen LogP contribution in [0.3, 0.4) is 0 Å². The highest BCUT2D eigenvalue weighted by molar-refractivity contribution is 5.85. The second-order valence-corrected chi connectivity index (χ2v) is 3.70. The van der Waals surface area contributed by atoms with Crippen molar-refractivity contribution in [3.8, 4) is 5.69 Å². The van der Waals surface area contributed by atoms with Crippen LogP contribution in [0.15, 0.2) is 30.5 Å². The molecule has 0 unspecified atom stereocenters. The number of benzene rings is 1. The number of nitro groups is 1. The second kappa shape index (κ2) is 4.28. The van der Waals surface area contributed by atoms with E-state index in [0.717, 1.165) is 5.56 Å². The van der Waals surface area contributed by atoms with E-state index < -0.39 is 10.9 Å². The van der Waals surface area contributed by atoms with Crippen molar-refractivity contribution >= 4 is 11.7 Å². The van der Waals surface area contributed by atoms with E-state index >= 15 is 0 Å². The number of hydrogen-bond donors (Lipinski definition) is 1. The Balaban J connectivity index is 2.57. The fourth-order valence-corrected chi connectivity index (χ4v) is 1.54. The SMILES string of the molecule is Cc1ccc([N+](=O)[O-])c(-n2ccc(C(=O)O)n2)c1. The average molecular weight is 247 g/mol. The van der Waals surface area contributed by atoms with Crippen LogP contribution in [-0.4, -0.2) is 25.8 Å². The van der Waals surface area contributed by atoms with Gasteiger partial charge < -0.3 is 5.11 Å². The Hall–Kier alpha value is -2.70. The van der Waals surface area contributed by atoms with Crippen molar-refractivity contribution in [2.75, 3.05) is 0 Å². The van der Waals surface area contributed by atoms with Gasteiger partial charge in [-0.1, -0.05) is 6.07 Å². The molecule has 0 saturated heterocycles. The highest BCUT2D eigenvalue weighted by Crippen LogP contribution is 2.23. The Bertz CT molecular complexity index is 633. The molecule has 1 aromatic heterocycles. The van der Waals surface area contributed by atoms with Crippen LogP contribution >= 0.6 is 0 Å². The Morgan fingerprint density at radius 1 is 1.44 bits per heavy atom. The molecule has 0 aliphatic heterocycles. The maximum absolute atomic E-state index is 10.9. The number of hydrogen-bond acceptors (Lipinski definition) is 4. The van der Waals surface area contributed by atoms with Gasteiger partial charge in [0.25, 0.3) is 5.69 Å². The minimum atomic E-state index is -1.18. The summed E-state index contributed by atoms with van der Waals surface area (Å²) in [7, 11) is 0. The molecule has 0 aliphatic carbocycles. The molecule has 0 aliphatic rings. The molecule has 0 spiro atoms. The predicted molar refractivity (Wildman–Crippen MR) is 61.9 cm³/mol. The summed E-state index contributed by atoms with van der Waals surface area (Å²) in [4.78, 5) is 21.1. The molecule has 7 heteroatoms. The van der Waals surface area contributed by atoms with Gasteiger partial charge in [-0.2, -0.15) is 5.10 Å². The van der Waals surface area contributed by atoms with Gasteiger partial charge in [0.15, 0.2) is 5.69 Å². The van der Waals surface area contributed by atoms with Crippen molar-refractivity contribution < 1.29 is 14.8 Å². The molecule has 18 heavy (non-hydrogen) atoms. The Labute approximate surface area is 101 Å². The van der Waals surface area contributed by atoms with E-state index in [1.807, 2.05) is 0 Å². The number of aromatic nitrogens is 2. The van der Waals surface area contributed by atoms with Crippen molar-refractivity contribution in [2.45, 2.75) is 6.92 Å². The van der Waals surface area contributed by atoms with Gasteiger partial charge in [0, 0.05) is 12.3 Å². The number of nitro benzene ring substituents is 1.